The van der Waals surface area contributed by atoms with E-state index in [1.807, 2.05) is 18.2 Å². The number of benzene rings is 2. The highest BCUT2D eigenvalue weighted by Gasteiger charge is 2.26. The molecule has 1 aliphatic rings. The van der Waals surface area contributed by atoms with E-state index in [4.69, 9.17) is 13.7 Å². The van der Waals surface area contributed by atoms with E-state index in [1.165, 1.54) is 12.1 Å². The van der Waals surface area contributed by atoms with Crippen LogP contribution in [0.3, 0.4) is 0 Å². The quantitative estimate of drug-likeness (QED) is 0.583. The molecule has 0 N–H and O–H groups in total. The van der Waals surface area contributed by atoms with Crippen molar-refractivity contribution < 1.29 is 22.1 Å². The minimum atomic E-state index is -3.87. The third kappa shape index (κ3) is 3.40. The van der Waals surface area contributed by atoms with E-state index in [0.717, 1.165) is 15.4 Å². The predicted octanol–water partition coefficient (Wildman–Crippen LogP) is 3.54. The van der Waals surface area contributed by atoms with Crippen molar-refractivity contribution in [3.05, 3.63) is 59.2 Å². The molecule has 0 radical (unpaired) electrons. The monoisotopic (exact) mass is 435 g/mol. The van der Waals surface area contributed by atoms with Gasteiger partial charge in [0.1, 0.15) is 13.2 Å². The normalized spacial score (nSPS) is 16.6. The highest BCUT2D eigenvalue weighted by Crippen LogP contribution is 2.38. The molecule has 0 aliphatic carbocycles. The third-order valence-corrected chi connectivity index (χ3v) is 5.74. The van der Waals surface area contributed by atoms with Crippen LogP contribution in [-0.2, 0) is 14.3 Å². The van der Waals surface area contributed by atoms with Crippen molar-refractivity contribution in [2.45, 2.75) is 11.0 Å². The first kappa shape index (κ1) is 17.3. The van der Waals surface area contributed by atoms with Crippen molar-refractivity contribution in [3.63, 3.8) is 0 Å². The zero-order valence-corrected chi connectivity index (χ0v) is 15.9. The first-order valence-corrected chi connectivity index (χ1v) is 10.1. The zero-order valence-electron chi connectivity index (χ0n) is 13.5. The van der Waals surface area contributed by atoms with Crippen LogP contribution >= 0.6 is 15.9 Å². The molecule has 26 heavy (non-hydrogen) atoms. The SMILES string of the molecule is O=S(=O)(OC[C@H]1COc2ccc3ncccc3c2O1)c1ccc(Br)cc1. The summed E-state index contributed by atoms with van der Waals surface area (Å²) in [6, 6.07) is 13.6. The smallest absolute Gasteiger partial charge is 0.297 e. The second-order valence-corrected chi connectivity index (χ2v) is 8.24. The summed E-state index contributed by atoms with van der Waals surface area (Å²) in [5.41, 5.74) is 0.777. The Morgan fingerprint density at radius 1 is 1.15 bits per heavy atom. The lowest BCUT2D eigenvalue weighted by Gasteiger charge is -2.27. The van der Waals surface area contributed by atoms with Crippen LogP contribution in [0.5, 0.6) is 11.5 Å². The van der Waals surface area contributed by atoms with Gasteiger partial charge in [0.15, 0.2) is 17.6 Å². The summed E-state index contributed by atoms with van der Waals surface area (Å²) in [7, 11) is -3.87. The Labute approximate surface area is 159 Å². The van der Waals surface area contributed by atoms with Crippen molar-refractivity contribution >= 4 is 37.0 Å². The lowest BCUT2D eigenvalue weighted by Crippen LogP contribution is -2.34. The Balaban J connectivity index is 1.51. The van der Waals surface area contributed by atoms with Gasteiger partial charge in [0.2, 0.25) is 0 Å². The molecule has 134 valence electrons. The maximum absolute atomic E-state index is 12.3. The summed E-state index contributed by atoms with van der Waals surface area (Å²) in [4.78, 5) is 4.37. The maximum atomic E-state index is 12.3. The largest absolute Gasteiger partial charge is 0.486 e. The number of hydrogen-bond donors (Lipinski definition) is 0. The van der Waals surface area contributed by atoms with Crippen LogP contribution in [0.4, 0.5) is 0 Å². The van der Waals surface area contributed by atoms with Crippen molar-refractivity contribution in [3.8, 4) is 11.5 Å². The van der Waals surface area contributed by atoms with Gasteiger partial charge in [0.05, 0.1) is 10.4 Å². The van der Waals surface area contributed by atoms with E-state index in [2.05, 4.69) is 20.9 Å². The number of halogens is 1. The fourth-order valence-corrected chi connectivity index (χ4v) is 3.84. The van der Waals surface area contributed by atoms with Crippen LogP contribution in [0.1, 0.15) is 0 Å². The Kier molecular flexibility index (Phi) is 4.56. The van der Waals surface area contributed by atoms with Crippen LogP contribution in [0, 0.1) is 0 Å². The Hall–Kier alpha value is -2.16. The summed E-state index contributed by atoms with van der Waals surface area (Å²) >= 11 is 3.27. The number of hydrogen-bond acceptors (Lipinski definition) is 6. The minimum Gasteiger partial charge on any atom is -0.486 e. The van der Waals surface area contributed by atoms with Gasteiger partial charge < -0.3 is 9.47 Å². The predicted molar refractivity (Wildman–Crippen MR) is 98.9 cm³/mol. The van der Waals surface area contributed by atoms with E-state index in [1.54, 1.807) is 24.4 Å². The molecule has 1 aromatic heterocycles. The lowest BCUT2D eigenvalue weighted by atomic mass is 10.1. The Morgan fingerprint density at radius 2 is 1.96 bits per heavy atom. The summed E-state index contributed by atoms with van der Waals surface area (Å²) in [6.07, 6.45) is 1.16. The van der Waals surface area contributed by atoms with Gasteiger partial charge in [-0.05, 0) is 48.5 Å². The Morgan fingerprint density at radius 3 is 2.77 bits per heavy atom. The second-order valence-electron chi connectivity index (χ2n) is 5.71. The van der Waals surface area contributed by atoms with Crippen molar-refractivity contribution in [1.82, 2.24) is 4.98 Å². The molecule has 8 heteroatoms. The molecular weight excluding hydrogens is 422 g/mol. The number of rotatable bonds is 4. The molecule has 2 aromatic carbocycles. The Bertz CT molecular complexity index is 1050. The molecule has 0 unspecified atom stereocenters. The zero-order chi connectivity index (χ0) is 18.1. The van der Waals surface area contributed by atoms with Crippen molar-refractivity contribution in [2.75, 3.05) is 13.2 Å². The highest BCUT2D eigenvalue weighted by molar-refractivity contribution is 9.10. The van der Waals surface area contributed by atoms with E-state index < -0.39 is 16.2 Å². The number of ether oxygens (including phenoxy) is 2. The van der Waals surface area contributed by atoms with Gasteiger partial charge >= 0.3 is 0 Å². The molecule has 6 nitrogen and oxygen atoms in total. The second kappa shape index (κ2) is 6.86. The molecule has 0 fully saturated rings. The van der Waals surface area contributed by atoms with Crippen LogP contribution < -0.4 is 9.47 Å². The molecule has 0 spiro atoms. The van der Waals surface area contributed by atoms with Gasteiger partial charge in [-0.15, -0.1) is 0 Å². The minimum absolute atomic E-state index is 0.0903. The summed E-state index contributed by atoms with van der Waals surface area (Å²) in [5, 5.41) is 0.811. The standard InChI is InChI=1S/C18H14BrNO5S/c19-12-3-5-14(6-4-12)26(21,22)24-11-13-10-23-17-8-7-16-15(18(17)25-13)2-1-9-20-16/h1-9,13H,10-11H2/t13-/m1/s1. The van der Waals surface area contributed by atoms with Gasteiger partial charge in [0, 0.05) is 16.1 Å². The molecule has 1 aliphatic heterocycles. The van der Waals surface area contributed by atoms with Crippen LogP contribution in [0.15, 0.2) is 64.1 Å². The third-order valence-electron chi connectivity index (χ3n) is 3.92. The molecular formula is C18H14BrNO5S. The van der Waals surface area contributed by atoms with E-state index in [0.29, 0.717) is 11.5 Å². The molecule has 2 heterocycles. The summed E-state index contributed by atoms with van der Waals surface area (Å²) in [5.74, 6) is 1.16. The average Bonchev–Trinajstić information content (AvgIpc) is 2.66. The van der Waals surface area contributed by atoms with E-state index >= 15 is 0 Å². The molecule has 0 amide bonds. The highest BCUT2D eigenvalue weighted by atomic mass is 79.9. The van der Waals surface area contributed by atoms with Crippen LogP contribution in [0.25, 0.3) is 10.9 Å². The van der Waals surface area contributed by atoms with Crippen LogP contribution in [0.2, 0.25) is 0 Å². The van der Waals surface area contributed by atoms with Gasteiger partial charge in [-0.25, -0.2) is 0 Å². The average molecular weight is 436 g/mol. The van der Waals surface area contributed by atoms with E-state index in [-0.39, 0.29) is 18.1 Å². The van der Waals surface area contributed by atoms with Gasteiger partial charge in [-0.3, -0.25) is 9.17 Å². The molecule has 0 saturated carbocycles. The molecule has 1 atom stereocenters. The van der Waals surface area contributed by atoms with Crippen molar-refractivity contribution in [1.29, 1.82) is 0 Å². The fourth-order valence-electron chi connectivity index (χ4n) is 2.64. The summed E-state index contributed by atoms with van der Waals surface area (Å²) in [6.45, 7) is 0.0586. The number of nitrogens with zero attached hydrogens (tertiary/aromatic N) is 1. The number of aromatic nitrogens is 1. The topological polar surface area (TPSA) is 74.7 Å². The first-order valence-electron chi connectivity index (χ1n) is 7.85. The van der Waals surface area contributed by atoms with Gasteiger partial charge in [-0.1, -0.05) is 15.9 Å². The maximum Gasteiger partial charge on any atom is 0.297 e. The van der Waals surface area contributed by atoms with Crippen molar-refractivity contribution in [2.24, 2.45) is 0 Å². The summed E-state index contributed by atoms with van der Waals surface area (Å²) < 4.78 is 42.2. The number of pyridine rings is 1. The molecule has 0 bridgehead atoms. The molecule has 4 rings (SSSR count). The number of fused-ring (bicyclic) bond motifs is 3. The van der Waals surface area contributed by atoms with Gasteiger partial charge in [-0.2, -0.15) is 8.42 Å². The molecule has 3 aromatic rings. The molecule has 0 saturated heterocycles. The van der Waals surface area contributed by atoms with E-state index in [9.17, 15) is 8.42 Å². The fraction of sp³-hybridized carbons (Fsp3) is 0.167. The lowest BCUT2D eigenvalue weighted by molar-refractivity contribution is 0.0571. The van der Waals surface area contributed by atoms with Crippen LogP contribution in [-0.4, -0.2) is 32.7 Å². The van der Waals surface area contributed by atoms with Gasteiger partial charge in [0.25, 0.3) is 10.1 Å². The first-order chi connectivity index (χ1) is 12.5.